The van der Waals surface area contributed by atoms with Crippen LogP contribution in [0.15, 0.2) is 47.4 Å². The highest BCUT2D eigenvalue weighted by molar-refractivity contribution is 6.05. The normalized spacial score (nSPS) is 12.1. The fraction of sp³-hybridized carbons (Fsp3) is 0.118. The molecule has 0 bridgehead atoms. The van der Waals surface area contributed by atoms with Crippen molar-refractivity contribution in [1.82, 2.24) is 9.55 Å². The zero-order valence-corrected chi connectivity index (χ0v) is 13.1. The number of rotatable bonds is 4. The molecular weight excluding hydrogens is 329 g/mol. The molecule has 0 aliphatic carbocycles. The molecule has 0 aliphatic rings. The van der Waals surface area contributed by atoms with Crippen molar-refractivity contribution < 1.29 is 19.1 Å². The second-order valence-corrected chi connectivity index (χ2v) is 5.52. The predicted molar refractivity (Wildman–Crippen MR) is 89.3 cm³/mol. The second-order valence-electron chi connectivity index (χ2n) is 5.52. The highest BCUT2D eigenvalue weighted by atomic mass is 19.1. The van der Waals surface area contributed by atoms with Gasteiger partial charge in [-0.3, -0.25) is 14.2 Å². The first-order chi connectivity index (χ1) is 11.9. The third kappa shape index (κ3) is 3.14. The monoisotopic (exact) mass is 343 g/mol. The Labute approximate surface area is 140 Å². The van der Waals surface area contributed by atoms with Crippen molar-refractivity contribution in [2.75, 3.05) is 5.32 Å². The Bertz CT molecular complexity index is 1040. The number of aromatic amines is 1. The SMILES string of the molecule is CC(C(=O)O)n1cccc(NC(=O)c2cc3cc(F)ccc3[nH]2)c1=O. The number of H-pyrrole nitrogens is 1. The minimum absolute atomic E-state index is 0.0505. The zero-order chi connectivity index (χ0) is 18.1. The minimum atomic E-state index is -1.16. The third-order valence-corrected chi connectivity index (χ3v) is 3.82. The molecule has 25 heavy (non-hydrogen) atoms. The van der Waals surface area contributed by atoms with Crippen LogP contribution in [-0.4, -0.2) is 26.5 Å². The summed E-state index contributed by atoms with van der Waals surface area (Å²) in [4.78, 5) is 38.5. The molecule has 0 radical (unpaired) electrons. The van der Waals surface area contributed by atoms with Gasteiger partial charge in [0.1, 0.15) is 23.2 Å². The highest BCUT2D eigenvalue weighted by Crippen LogP contribution is 2.17. The maximum Gasteiger partial charge on any atom is 0.326 e. The lowest BCUT2D eigenvalue weighted by Gasteiger charge is -2.12. The summed E-state index contributed by atoms with van der Waals surface area (Å²) in [5.41, 5.74) is 0.0524. The number of carboxylic acid groups (broad SMARTS) is 1. The Hall–Kier alpha value is -3.42. The fourth-order valence-corrected chi connectivity index (χ4v) is 2.44. The van der Waals surface area contributed by atoms with Crippen LogP contribution in [0.1, 0.15) is 23.5 Å². The van der Waals surface area contributed by atoms with E-state index in [1.54, 1.807) is 0 Å². The number of pyridine rings is 1. The van der Waals surface area contributed by atoms with Gasteiger partial charge in [-0.15, -0.1) is 0 Å². The van der Waals surface area contributed by atoms with Crippen molar-refractivity contribution in [2.24, 2.45) is 0 Å². The molecule has 128 valence electrons. The molecule has 0 aliphatic heterocycles. The van der Waals surface area contributed by atoms with Gasteiger partial charge in [-0.1, -0.05) is 0 Å². The van der Waals surface area contributed by atoms with Crippen LogP contribution < -0.4 is 10.9 Å². The number of aromatic nitrogens is 2. The van der Waals surface area contributed by atoms with Crippen LogP contribution in [0.3, 0.4) is 0 Å². The van der Waals surface area contributed by atoms with E-state index < -0.39 is 29.3 Å². The smallest absolute Gasteiger partial charge is 0.326 e. The van der Waals surface area contributed by atoms with Crippen LogP contribution in [0.2, 0.25) is 0 Å². The molecule has 7 nitrogen and oxygen atoms in total. The summed E-state index contributed by atoms with van der Waals surface area (Å²) in [5, 5.41) is 12.0. The molecule has 3 N–H and O–H groups in total. The highest BCUT2D eigenvalue weighted by Gasteiger charge is 2.17. The van der Waals surface area contributed by atoms with Crippen molar-refractivity contribution in [3.63, 3.8) is 0 Å². The fourth-order valence-electron chi connectivity index (χ4n) is 2.44. The van der Waals surface area contributed by atoms with Gasteiger partial charge in [0.15, 0.2) is 0 Å². The lowest BCUT2D eigenvalue weighted by atomic mass is 10.2. The molecule has 1 atom stereocenters. The quantitative estimate of drug-likeness (QED) is 0.676. The number of anilines is 1. The summed E-state index contributed by atoms with van der Waals surface area (Å²) >= 11 is 0. The van der Waals surface area contributed by atoms with Crippen molar-refractivity contribution in [1.29, 1.82) is 0 Å². The lowest BCUT2D eigenvalue weighted by Crippen LogP contribution is -2.30. The molecule has 0 fully saturated rings. The molecule has 3 aromatic rings. The summed E-state index contributed by atoms with van der Waals surface area (Å²) in [6.07, 6.45) is 1.34. The van der Waals surface area contributed by atoms with E-state index >= 15 is 0 Å². The van der Waals surface area contributed by atoms with Crippen LogP contribution in [-0.2, 0) is 4.79 Å². The molecule has 3 rings (SSSR count). The van der Waals surface area contributed by atoms with E-state index in [0.29, 0.717) is 10.9 Å². The summed E-state index contributed by atoms with van der Waals surface area (Å²) in [5.74, 6) is -2.18. The molecule has 1 amide bonds. The molecule has 2 heterocycles. The molecule has 0 spiro atoms. The Morgan fingerprint density at radius 1 is 1.28 bits per heavy atom. The maximum atomic E-state index is 13.2. The Balaban J connectivity index is 1.91. The largest absolute Gasteiger partial charge is 0.480 e. The number of nitrogens with one attached hydrogen (secondary N) is 2. The number of hydrogen-bond donors (Lipinski definition) is 3. The van der Waals surface area contributed by atoms with Crippen LogP contribution in [0.25, 0.3) is 10.9 Å². The number of nitrogens with zero attached hydrogens (tertiary/aromatic N) is 1. The maximum absolute atomic E-state index is 13.2. The summed E-state index contributed by atoms with van der Waals surface area (Å²) < 4.78 is 14.2. The molecule has 0 saturated carbocycles. The zero-order valence-electron chi connectivity index (χ0n) is 13.1. The molecule has 8 heteroatoms. The first-order valence-electron chi connectivity index (χ1n) is 7.40. The van der Waals surface area contributed by atoms with Gasteiger partial charge in [-0.2, -0.15) is 0 Å². The van der Waals surface area contributed by atoms with Crippen molar-refractivity contribution >= 4 is 28.5 Å². The third-order valence-electron chi connectivity index (χ3n) is 3.82. The molecular formula is C17H14FN3O4. The second kappa shape index (κ2) is 6.23. The van der Waals surface area contributed by atoms with Gasteiger partial charge < -0.3 is 15.4 Å². The van der Waals surface area contributed by atoms with Gasteiger partial charge in [-0.25, -0.2) is 9.18 Å². The van der Waals surface area contributed by atoms with E-state index in [2.05, 4.69) is 10.3 Å². The lowest BCUT2D eigenvalue weighted by molar-refractivity contribution is -0.140. The van der Waals surface area contributed by atoms with Gasteiger partial charge in [0.05, 0.1) is 0 Å². The number of carboxylic acids is 1. The van der Waals surface area contributed by atoms with Crippen molar-refractivity contribution in [2.45, 2.75) is 13.0 Å². The van der Waals surface area contributed by atoms with Gasteiger partial charge in [0.25, 0.3) is 11.5 Å². The minimum Gasteiger partial charge on any atom is -0.480 e. The van der Waals surface area contributed by atoms with Gasteiger partial charge >= 0.3 is 5.97 Å². The van der Waals surface area contributed by atoms with E-state index in [-0.39, 0.29) is 11.4 Å². The van der Waals surface area contributed by atoms with Crippen LogP contribution in [0.5, 0.6) is 0 Å². The summed E-state index contributed by atoms with van der Waals surface area (Å²) in [6, 6.07) is 7.31. The number of halogens is 1. The molecule has 0 saturated heterocycles. The number of carbonyl (C=O) groups excluding carboxylic acids is 1. The average molecular weight is 343 g/mol. The van der Waals surface area contributed by atoms with E-state index in [0.717, 1.165) is 4.57 Å². The Morgan fingerprint density at radius 2 is 2.04 bits per heavy atom. The number of aliphatic carboxylic acids is 1. The predicted octanol–water partition coefficient (Wildman–Crippen LogP) is 2.37. The van der Waals surface area contributed by atoms with Crippen molar-refractivity contribution in [3.05, 3.63) is 64.5 Å². The first-order valence-corrected chi connectivity index (χ1v) is 7.40. The van der Waals surface area contributed by atoms with Gasteiger partial charge in [0, 0.05) is 17.1 Å². The summed E-state index contributed by atoms with van der Waals surface area (Å²) in [7, 11) is 0. The average Bonchev–Trinajstić information content (AvgIpc) is 2.99. The Kier molecular flexibility index (Phi) is 4.10. The molecule has 1 unspecified atom stereocenters. The van der Waals surface area contributed by atoms with E-state index in [9.17, 15) is 18.8 Å². The van der Waals surface area contributed by atoms with E-state index in [1.807, 2.05) is 0 Å². The van der Waals surface area contributed by atoms with Gasteiger partial charge in [0.2, 0.25) is 0 Å². The standard InChI is InChI=1S/C17H14FN3O4/c1-9(17(24)25)21-6-2-3-13(16(21)23)20-15(22)14-8-10-7-11(18)4-5-12(10)19-14/h2-9,19H,1H3,(H,20,22)(H,24,25). The van der Waals surface area contributed by atoms with Crippen molar-refractivity contribution in [3.8, 4) is 0 Å². The summed E-state index contributed by atoms with van der Waals surface area (Å²) in [6.45, 7) is 1.36. The van der Waals surface area contributed by atoms with E-state index in [1.165, 1.54) is 49.5 Å². The van der Waals surface area contributed by atoms with Gasteiger partial charge in [-0.05, 0) is 43.3 Å². The van der Waals surface area contributed by atoms with Crippen LogP contribution in [0.4, 0.5) is 10.1 Å². The molecule has 2 aromatic heterocycles. The van der Waals surface area contributed by atoms with E-state index in [4.69, 9.17) is 5.11 Å². The Morgan fingerprint density at radius 3 is 2.76 bits per heavy atom. The topological polar surface area (TPSA) is 104 Å². The number of benzene rings is 1. The van der Waals surface area contributed by atoms with Crippen LogP contribution >= 0.6 is 0 Å². The number of amides is 1. The molecule has 1 aromatic carbocycles. The first kappa shape index (κ1) is 16.4. The number of carbonyl (C=O) groups is 2. The number of fused-ring (bicyclic) bond motifs is 1. The number of hydrogen-bond acceptors (Lipinski definition) is 3. The van der Waals surface area contributed by atoms with Crippen LogP contribution in [0, 0.1) is 5.82 Å².